The molecular weight excluding hydrogens is 422 g/mol. The van der Waals surface area contributed by atoms with Gasteiger partial charge < -0.3 is 38.4 Å². The van der Waals surface area contributed by atoms with Gasteiger partial charge in [0.25, 0.3) is 5.91 Å². The van der Waals surface area contributed by atoms with E-state index in [9.17, 15) is 14.7 Å². The van der Waals surface area contributed by atoms with Crippen LogP contribution in [0.15, 0.2) is 0 Å². The Kier molecular flexibility index (Phi) is 5.88. The zero-order chi connectivity index (χ0) is 23.6. The molecule has 0 bridgehead atoms. The van der Waals surface area contributed by atoms with Crippen LogP contribution in [0.5, 0.6) is 0 Å². The lowest BCUT2D eigenvalue weighted by molar-refractivity contribution is -0.184. The van der Waals surface area contributed by atoms with Crippen LogP contribution in [0.1, 0.15) is 41.0 Å². The van der Waals surface area contributed by atoms with Crippen LogP contribution >= 0.6 is 0 Å². The zero-order valence-corrected chi connectivity index (χ0v) is 19.8. The van der Waals surface area contributed by atoms with Crippen molar-refractivity contribution in [3.05, 3.63) is 0 Å². The molecule has 32 heavy (non-hydrogen) atoms. The topological polar surface area (TPSA) is 113 Å². The third kappa shape index (κ3) is 3.56. The van der Waals surface area contributed by atoms with Gasteiger partial charge in [-0.05, 0) is 27.7 Å². The molecule has 0 aliphatic carbocycles. The highest BCUT2D eigenvalue weighted by Gasteiger charge is 2.72. The maximum Gasteiger partial charge on any atom is 0.305 e. The largest absolute Gasteiger partial charge is 0.469 e. The van der Waals surface area contributed by atoms with E-state index < -0.39 is 65.4 Å². The first-order valence-electron chi connectivity index (χ1n) is 11.1. The van der Waals surface area contributed by atoms with Crippen molar-refractivity contribution in [1.29, 1.82) is 0 Å². The second kappa shape index (κ2) is 7.89. The Bertz CT molecular complexity index is 771. The van der Waals surface area contributed by atoms with E-state index in [1.54, 1.807) is 4.90 Å². The summed E-state index contributed by atoms with van der Waals surface area (Å²) in [6.07, 6.45) is -2.20. The quantitative estimate of drug-likeness (QED) is 0.448. The highest BCUT2D eigenvalue weighted by atomic mass is 16.8. The van der Waals surface area contributed by atoms with E-state index >= 15 is 0 Å². The first-order chi connectivity index (χ1) is 14.9. The molecule has 182 valence electrons. The average Bonchev–Trinajstić information content (AvgIpc) is 3.31. The van der Waals surface area contributed by atoms with Crippen LogP contribution in [-0.4, -0.2) is 97.4 Å². The van der Waals surface area contributed by atoms with Crippen LogP contribution in [0, 0.1) is 11.3 Å². The number of nitrogens with zero attached hydrogens (tertiary/aromatic N) is 1. The van der Waals surface area contributed by atoms with E-state index in [4.69, 9.17) is 28.4 Å². The van der Waals surface area contributed by atoms with Gasteiger partial charge in [0.1, 0.15) is 18.3 Å². The first kappa shape index (κ1) is 23.8. The first-order valence-corrected chi connectivity index (χ1v) is 11.1. The van der Waals surface area contributed by atoms with Gasteiger partial charge in [-0.3, -0.25) is 9.59 Å². The molecule has 4 heterocycles. The van der Waals surface area contributed by atoms with E-state index in [-0.39, 0.29) is 18.9 Å². The van der Waals surface area contributed by atoms with Crippen molar-refractivity contribution in [3.63, 3.8) is 0 Å². The van der Waals surface area contributed by atoms with Crippen molar-refractivity contribution in [2.24, 2.45) is 11.3 Å². The number of aliphatic hydroxyl groups is 1. The Balaban J connectivity index is 1.74. The number of rotatable bonds is 6. The molecule has 4 saturated heterocycles. The summed E-state index contributed by atoms with van der Waals surface area (Å²) < 4.78 is 34.9. The van der Waals surface area contributed by atoms with Crippen molar-refractivity contribution < 1.29 is 43.1 Å². The number of β-lactam (4-membered cyclic amide) rings is 1. The number of esters is 1. The summed E-state index contributed by atoms with van der Waals surface area (Å²) in [7, 11) is 2.81. The fourth-order valence-corrected chi connectivity index (χ4v) is 5.97. The SMILES string of the molecule is COC(=O)C[C@@H]1[C@@H]([C@H]2OC(C)(C)O[C@@H]2[C@H]2COC(C)(C)O2)N2C(=O)[C@H](OC)[C@H]2[C@]1(C)CO. The summed E-state index contributed by atoms with van der Waals surface area (Å²) in [6, 6.07) is -0.927. The number of fused-ring (bicyclic) bond motifs is 1. The van der Waals surface area contributed by atoms with Gasteiger partial charge in [-0.25, -0.2) is 0 Å². The second-order valence-electron chi connectivity index (χ2n) is 10.3. The molecule has 0 aromatic rings. The molecule has 0 aromatic heterocycles. The smallest absolute Gasteiger partial charge is 0.305 e. The minimum absolute atomic E-state index is 0.0233. The van der Waals surface area contributed by atoms with Crippen molar-refractivity contribution >= 4 is 11.9 Å². The van der Waals surface area contributed by atoms with Crippen LogP contribution < -0.4 is 0 Å². The summed E-state index contributed by atoms with van der Waals surface area (Å²) in [4.78, 5) is 27.2. The molecule has 10 heteroatoms. The third-order valence-electron chi connectivity index (χ3n) is 7.45. The van der Waals surface area contributed by atoms with E-state index in [0.29, 0.717) is 6.61 Å². The molecule has 4 aliphatic heterocycles. The molecule has 8 atom stereocenters. The van der Waals surface area contributed by atoms with Crippen molar-refractivity contribution in [3.8, 4) is 0 Å². The van der Waals surface area contributed by atoms with Crippen LogP contribution in [0.25, 0.3) is 0 Å². The molecule has 4 fully saturated rings. The number of hydrogen-bond donors (Lipinski definition) is 1. The Morgan fingerprint density at radius 1 is 1.09 bits per heavy atom. The van der Waals surface area contributed by atoms with Gasteiger partial charge in [0.15, 0.2) is 17.7 Å². The number of ether oxygens (including phenoxy) is 6. The molecule has 4 aliphatic rings. The number of carbonyl (C=O) groups is 2. The third-order valence-corrected chi connectivity index (χ3v) is 7.45. The standard InChI is InChI=1S/C22H35NO9/c1-20(2)29-9-12(30-20)15-16(32-21(3,4)31-15)14-11(8-13(25)27-6)22(5,10-24)18-17(28-7)19(26)23(14)18/h11-12,14-18,24H,8-10H2,1-7H3/t11-,12-,14+,15-,16-,17-,18+,22-/m1/s1. The Morgan fingerprint density at radius 2 is 1.75 bits per heavy atom. The zero-order valence-electron chi connectivity index (χ0n) is 19.8. The number of carbonyl (C=O) groups excluding carboxylic acids is 2. The maximum atomic E-state index is 13.1. The van der Waals surface area contributed by atoms with Gasteiger partial charge in [0.2, 0.25) is 0 Å². The molecule has 0 aromatic carbocycles. The van der Waals surface area contributed by atoms with Gasteiger partial charge in [-0.2, -0.15) is 0 Å². The monoisotopic (exact) mass is 457 g/mol. The Hall–Kier alpha value is -1.30. The second-order valence-corrected chi connectivity index (χ2v) is 10.3. The lowest BCUT2D eigenvalue weighted by atomic mass is 9.68. The van der Waals surface area contributed by atoms with Gasteiger partial charge >= 0.3 is 5.97 Å². The minimum Gasteiger partial charge on any atom is -0.469 e. The number of methoxy groups -OCH3 is 2. The summed E-state index contributed by atoms with van der Waals surface area (Å²) in [5, 5.41) is 10.4. The fourth-order valence-electron chi connectivity index (χ4n) is 5.97. The summed E-state index contributed by atoms with van der Waals surface area (Å²) in [5.74, 6) is -2.73. The fraction of sp³-hybridized carbons (Fsp3) is 0.909. The van der Waals surface area contributed by atoms with Crippen molar-refractivity contribution in [2.75, 3.05) is 27.4 Å². The maximum absolute atomic E-state index is 13.1. The van der Waals surface area contributed by atoms with E-state index in [1.807, 2.05) is 34.6 Å². The molecule has 4 rings (SSSR count). The predicted molar refractivity (Wildman–Crippen MR) is 109 cm³/mol. The Morgan fingerprint density at radius 3 is 2.28 bits per heavy atom. The van der Waals surface area contributed by atoms with E-state index in [1.165, 1.54) is 14.2 Å². The summed E-state index contributed by atoms with van der Waals surface area (Å²) >= 11 is 0. The molecule has 1 amide bonds. The number of amides is 1. The highest BCUT2D eigenvalue weighted by Crippen LogP contribution is 2.56. The van der Waals surface area contributed by atoms with Crippen LogP contribution in [0.4, 0.5) is 0 Å². The molecule has 1 N–H and O–H groups in total. The number of aliphatic hydroxyl groups excluding tert-OH is 1. The summed E-state index contributed by atoms with van der Waals surface area (Å²) in [5.41, 5.74) is -0.791. The molecule has 0 unspecified atom stereocenters. The predicted octanol–water partition coefficient (Wildman–Crippen LogP) is 0.444. The van der Waals surface area contributed by atoms with Crippen LogP contribution in [-0.2, 0) is 38.0 Å². The van der Waals surface area contributed by atoms with Gasteiger partial charge in [0.05, 0.1) is 38.8 Å². The molecule has 10 nitrogen and oxygen atoms in total. The molecule has 0 radical (unpaired) electrons. The molecule has 0 saturated carbocycles. The lowest BCUT2D eigenvalue weighted by Gasteiger charge is -2.49. The molecular formula is C22H35NO9. The number of hydrogen-bond acceptors (Lipinski definition) is 9. The van der Waals surface area contributed by atoms with E-state index in [2.05, 4.69) is 0 Å². The van der Waals surface area contributed by atoms with Crippen LogP contribution in [0.3, 0.4) is 0 Å². The Labute approximate surface area is 188 Å². The van der Waals surface area contributed by atoms with Crippen molar-refractivity contribution in [1.82, 2.24) is 4.90 Å². The lowest BCUT2D eigenvalue weighted by Crippen LogP contribution is -2.70. The molecule has 0 spiro atoms. The highest BCUT2D eigenvalue weighted by molar-refractivity contribution is 5.90. The normalized spacial score (nSPS) is 44.4. The van der Waals surface area contributed by atoms with Gasteiger partial charge in [0, 0.05) is 18.4 Å². The van der Waals surface area contributed by atoms with Crippen LogP contribution in [0.2, 0.25) is 0 Å². The average molecular weight is 458 g/mol. The minimum atomic E-state index is -0.927. The van der Waals surface area contributed by atoms with E-state index in [0.717, 1.165) is 0 Å². The van der Waals surface area contributed by atoms with Crippen molar-refractivity contribution in [2.45, 2.75) is 89.1 Å². The van der Waals surface area contributed by atoms with Gasteiger partial charge in [-0.15, -0.1) is 0 Å². The summed E-state index contributed by atoms with van der Waals surface area (Å²) in [6.45, 7) is 9.26. The van der Waals surface area contributed by atoms with Gasteiger partial charge in [-0.1, -0.05) is 6.92 Å².